The fraction of sp³-hybridized carbons (Fsp3) is 0.250. The van der Waals surface area contributed by atoms with Crippen molar-refractivity contribution >= 4 is 17.4 Å². The van der Waals surface area contributed by atoms with Crippen LogP contribution in [0.3, 0.4) is 0 Å². The molecule has 0 saturated heterocycles. The van der Waals surface area contributed by atoms with Crippen LogP contribution in [0, 0.1) is 12.3 Å². The summed E-state index contributed by atoms with van der Waals surface area (Å²) in [6.07, 6.45) is 5.25. The number of nitrogens with two attached hydrogens (primary N) is 1. The van der Waals surface area contributed by atoms with E-state index >= 15 is 0 Å². The summed E-state index contributed by atoms with van der Waals surface area (Å²) >= 11 is 6.07. The van der Waals surface area contributed by atoms with Crippen LogP contribution in [0.2, 0.25) is 5.02 Å². The van der Waals surface area contributed by atoms with Crippen LogP contribution in [-0.2, 0) is 6.54 Å². The van der Waals surface area contributed by atoms with Gasteiger partial charge in [0.25, 0.3) is 0 Å². The molecular formula is C12H14ClN3O. The minimum absolute atomic E-state index is 0.0187. The largest absolute Gasteiger partial charge is 0.409 e. The predicted octanol–water partition coefficient (Wildman–Crippen LogP) is 1.55. The first-order chi connectivity index (χ1) is 8.08. The second-order valence-corrected chi connectivity index (χ2v) is 3.97. The molecule has 5 heteroatoms. The van der Waals surface area contributed by atoms with Crippen molar-refractivity contribution in [3.63, 3.8) is 0 Å². The van der Waals surface area contributed by atoms with Crippen molar-refractivity contribution < 1.29 is 5.21 Å². The Morgan fingerprint density at radius 3 is 2.94 bits per heavy atom. The van der Waals surface area contributed by atoms with Crippen LogP contribution in [0.1, 0.15) is 18.1 Å². The molecule has 0 amide bonds. The number of hydrogen-bond acceptors (Lipinski definition) is 3. The average Bonchev–Trinajstić information content (AvgIpc) is 2.35. The molecule has 0 aromatic heterocycles. The van der Waals surface area contributed by atoms with Gasteiger partial charge >= 0.3 is 0 Å². The van der Waals surface area contributed by atoms with E-state index in [0.717, 1.165) is 5.56 Å². The normalized spacial score (nSPS) is 13.1. The van der Waals surface area contributed by atoms with Crippen LogP contribution in [-0.4, -0.2) is 17.1 Å². The van der Waals surface area contributed by atoms with Crippen molar-refractivity contribution in [2.24, 2.45) is 10.9 Å². The van der Waals surface area contributed by atoms with E-state index in [1.807, 2.05) is 13.0 Å². The van der Waals surface area contributed by atoms with Crippen LogP contribution in [0.5, 0.6) is 0 Å². The molecule has 90 valence electrons. The molecular weight excluding hydrogens is 238 g/mol. The summed E-state index contributed by atoms with van der Waals surface area (Å²) in [5, 5.41) is 15.1. The SMILES string of the molecule is C#CC(C)NCc1ccc(/C(N)=N/O)cc1Cl. The zero-order valence-corrected chi connectivity index (χ0v) is 10.2. The fourth-order valence-corrected chi connectivity index (χ4v) is 1.48. The van der Waals surface area contributed by atoms with E-state index in [1.165, 1.54) is 0 Å². The molecule has 0 aliphatic carbocycles. The topological polar surface area (TPSA) is 70.6 Å². The lowest BCUT2D eigenvalue weighted by molar-refractivity contribution is 0.318. The molecule has 1 atom stereocenters. The number of terminal acetylenes is 1. The molecule has 17 heavy (non-hydrogen) atoms. The van der Waals surface area contributed by atoms with Gasteiger partial charge < -0.3 is 10.9 Å². The van der Waals surface area contributed by atoms with E-state index < -0.39 is 0 Å². The number of hydrogen-bond donors (Lipinski definition) is 3. The summed E-state index contributed by atoms with van der Waals surface area (Å²) in [5.41, 5.74) is 6.94. The molecule has 0 aliphatic rings. The first-order valence-electron chi connectivity index (χ1n) is 5.04. The van der Waals surface area contributed by atoms with Gasteiger partial charge in [0.2, 0.25) is 0 Å². The maximum Gasteiger partial charge on any atom is 0.170 e. The lowest BCUT2D eigenvalue weighted by atomic mass is 10.1. The van der Waals surface area contributed by atoms with Gasteiger partial charge in [0.05, 0.1) is 6.04 Å². The van der Waals surface area contributed by atoms with Crippen molar-refractivity contribution in [2.75, 3.05) is 0 Å². The summed E-state index contributed by atoms with van der Waals surface area (Å²) in [7, 11) is 0. The monoisotopic (exact) mass is 251 g/mol. The first-order valence-corrected chi connectivity index (χ1v) is 5.42. The standard InChI is InChI=1S/C12H14ClN3O/c1-3-8(2)15-7-10-5-4-9(6-11(10)13)12(14)16-17/h1,4-6,8,15,17H,7H2,2H3,(H2,14,16). The van der Waals surface area contributed by atoms with E-state index in [2.05, 4.69) is 16.4 Å². The molecule has 0 fully saturated rings. The minimum Gasteiger partial charge on any atom is -0.409 e. The molecule has 1 aromatic rings. The lowest BCUT2D eigenvalue weighted by Gasteiger charge is -2.10. The smallest absolute Gasteiger partial charge is 0.170 e. The Hall–Kier alpha value is -1.70. The first kappa shape index (κ1) is 13.4. The van der Waals surface area contributed by atoms with E-state index in [0.29, 0.717) is 17.1 Å². The highest BCUT2D eigenvalue weighted by Gasteiger charge is 2.05. The maximum atomic E-state index is 8.54. The number of amidine groups is 1. The molecule has 0 aliphatic heterocycles. The van der Waals surface area contributed by atoms with Gasteiger partial charge in [-0.15, -0.1) is 6.42 Å². The molecule has 0 heterocycles. The highest BCUT2D eigenvalue weighted by Crippen LogP contribution is 2.17. The van der Waals surface area contributed by atoms with E-state index in [1.54, 1.807) is 12.1 Å². The number of rotatable bonds is 4. The highest BCUT2D eigenvalue weighted by atomic mass is 35.5. The van der Waals surface area contributed by atoms with Crippen LogP contribution < -0.4 is 11.1 Å². The quantitative estimate of drug-likeness (QED) is 0.250. The highest BCUT2D eigenvalue weighted by molar-refractivity contribution is 6.31. The van der Waals surface area contributed by atoms with Gasteiger partial charge in [0, 0.05) is 17.1 Å². The Morgan fingerprint density at radius 2 is 2.41 bits per heavy atom. The number of halogens is 1. The predicted molar refractivity (Wildman–Crippen MR) is 69.1 cm³/mol. The minimum atomic E-state index is -0.0187. The number of nitrogens with zero attached hydrogens (tertiary/aromatic N) is 1. The molecule has 0 spiro atoms. The van der Waals surface area contributed by atoms with Crippen molar-refractivity contribution in [3.05, 3.63) is 34.3 Å². The van der Waals surface area contributed by atoms with Crippen molar-refractivity contribution in [1.82, 2.24) is 5.32 Å². The summed E-state index contributed by atoms with van der Waals surface area (Å²) in [6, 6.07) is 5.17. The van der Waals surface area contributed by atoms with Crippen molar-refractivity contribution in [1.29, 1.82) is 0 Å². The molecule has 0 bridgehead atoms. The number of benzene rings is 1. The van der Waals surface area contributed by atoms with Crippen LogP contribution >= 0.6 is 11.6 Å². The van der Waals surface area contributed by atoms with E-state index in [-0.39, 0.29) is 11.9 Å². The van der Waals surface area contributed by atoms with Crippen molar-refractivity contribution in [2.45, 2.75) is 19.5 Å². The maximum absolute atomic E-state index is 8.54. The molecule has 0 radical (unpaired) electrons. The molecule has 1 unspecified atom stereocenters. The summed E-state index contributed by atoms with van der Waals surface area (Å²) < 4.78 is 0. The summed E-state index contributed by atoms with van der Waals surface area (Å²) in [6.45, 7) is 2.46. The van der Waals surface area contributed by atoms with Gasteiger partial charge in [-0.2, -0.15) is 0 Å². The summed E-state index contributed by atoms with van der Waals surface area (Å²) in [4.78, 5) is 0. The Kier molecular flexibility index (Phi) is 4.83. The van der Waals surface area contributed by atoms with Gasteiger partial charge in [-0.3, -0.25) is 5.32 Å². The van der Waals surface area contributed by atoms with Gasteiger partial charge in [-0.05, 0) is 18.6 Å². The van der Waals surface area contributed by atoms with Crippen LogP contribution in [0.15, 0.2) is 23.4 Å². The molecule has 4 N–H and O–H groups in total. The third kappa shape index (κ3) is 3.66. The van der Waals surface area contributed by atoms with Crippen LogP contribution in [0.25, 0.3) is 0 Å². The third-order valence-corrected chi connectivity index (χ3v) is 2.66. The zero-order chi connectivity index (χ0) is 12.8. The number of nitrogens with one attached hydrogen (secondary N) is 1. The fourth-order valence-electron chi connectivity index (χ4n) is 1.23. The van der Waals surface area contributed by atoms with Crippen molar-refractivity contribution in [3.8, 4) is 12.3 Å². The second kappa shape index (κ2) is 6.14. The van der Waals surface area contributed by atoms with Gasteiger partial charge in [0.15, 0.2) is 5.84 Å². The Labute approximate surface area is 105 Å². The average molecular weight is 252 g/mol. The Morgan fingerprint density at radius 1 is 1.71 bits per heavy atom. The van der Waals surface area contributed by atoms with E-state index in [9.17, 15) is 0 Å². The second-order valence-electron chi connectivity index (χ2n) is 3.56. The molecule has 0 saturated carbocycles. The molecule has 1 aromatic carbocycles. The molecule has 4 nitrogen and oxygen atoms in total. The Balaban J connectivity index is 2.81. The summed E-state index contributed by atoms with van der Waals surface area (Å²) in [5.74, 6) is 2.60. The number of oxime groups is 1. The van der Waals surface area contributed by atoms with E-state index in [4.69, 9.17) is 29.0 Å². The molecule has 1 rings (SSSR count). The zero-order valence-electron chi connectivity index (χ0n) is 9.44. The van der Waals surface area contributed by atoms with Gasteiger partial charge in [-0.1, -0.05) is 34.8 Å². The van der Waals surface area contributed by atoms with Gasteiger partial charge in [0.1, 0.15) is 0 Å². The Bertz CT molecular complexity index is 465. The lowest BCUT2D eigenvalue weighted by Crippen LogP contribution is -2.23. The van der Waals surface area contributed by atoms with Crippen LogP contribution in [0.4, 0.5) is 0 Å². The third-order valence-electron chi connectivity index (χ3n) is 2.31. The van der Waals surface area contributed by atoms with Gasteiger partial charge in [-0.25, -0.2) is 0 Å².